The van der Waals surface area contributed by atoms with Gasteiger partial charge in [0.05, 0.1) is 6.10 Å². The zero-order chi connectivity index (χ0) is 7.98. The fraction of sp³-hybridized carbons (Fsp3) is 0.625. The van der Waals surface area contributed by atoms with Crippen molar-refractivity contribution in [2.75, 3.05) is 0 Å². The summed E-state index contributed by atoms with van der Waals surface area (Å²) in [5, 5.41) is 9.07. The quantitative estimate of drug-likeness (QED) is 0.587. The average Bonchev–Trinajstić information content (AvgIpc) is 1.85. The Morgan fingerprint density at radius 1 is 1.80 bits per heavy atom. The van der Waals surface area contributed by atoms with Gasteiger partial charge in [-0.3, -0.25) is 0 Å². The van der Waals surface area contributed by atoms with E-state index in [1.807, 2.05) is 0 Å². The number of hydrogen-bond acceptors (Lipinski definition) is 2. The van der Waals surface area contributed by atoms with Crippen molar-refractivity contribution in [2.24, 2.45) is 0 Å². The van der Waals surface area contributed by atoms with E-state index >= 15 is 0 Å². The zero-order valence-corrected chi connectivity index (χ0v) is 6.34. The second-order valence-electron chi connectivity index (χ2n) is 2.42. The highest BCUT2D eigenvalue weighted by atomic mass is 16.3. The normalized spacial score (nSPS) is 12.6. The number of Topliss-reactive ketones (excluding diaryl/α,β-unsaturated/α-hetero) is 1. The van der Waals surface area contributed by atoms with E-state index in [4.69, 9.17) is 5.11 Å². The van der Waals surface area contributed by atoms with Crippen LogP contribution in [-0.2, 0) is 4.79 Å². The van der Waals surface area contributed by atoms with Gasteiger partial charge >= 0.3 is 0 Å². The van der Waals surface area contributed by atoms with Crippen molar-refractivity contribution in [3.63, 3.8) is 0 Å². The monoisotopic (exact) mass is 142 g/mol. The Kier molecular flexibility index (Phi) is 4.85. The van der Waals surface area contributed by atoms with Crippen LogP contribution in [0.25, 0.3) is 0 Å². The van der Waals surface area contributed by atoms with Crippen LogP contribution in [0.3, 0.4) is 0 Å². The number of ketones is 1. The summed E-state index contributed by atoms with van der Waals surface area (Å²) in [6.07, 6.45) is 2.87. The largest absolute Gasteiger partial charge is 0.393 e. The number of hydrogen-bond donors (Lipinski definition) is 1. The van der Waals surface area contributed by atoms with Crippen LogP contribution in [-0.4, -0.2) is 17.0 Å². The average molecular weight is 142 g/mol. The molecule has 0 spiro atoms. The highest BCUT2D eigenvalue weighted by Crippen LogP contribution is 2.01. The number of carbonyl (C=O) groups is 1. The molecule has 0 aliphatic heterocycles. The first-order valence-electron chi connectivity index (χ1n) is 3.45. The van der Waals surface area contributed by atoms with Crippen molar-refractivity contribution in [2.45, 2.75) is 32.3 Å². The fourth-order valence-electron chi connectivity index (χ4n) is 0.680. The second kappa shape index (κ2) is 5.18. The van der Waals surface area contributed by atoms with Crippen LogP contribution in [0.15, 0.2) is 12.7 Å². The summed E-state index contributed by atoms with van der Waals surface area (Å²) in [6.45, 7) is 5.01. The van der Waals surface area contributed by atoms with Gasteiger partial charge in [-0.2, -0.15) is 0 Å². The first kappa shape index (κ1) is 9.37. The Bertz CT molecular complexity index is 118. The summed E-state index contributed by atoms with van der Waals surface area (Å²) in [6, 6.07) is 0. The second-order valence-corrected chi connectivity index (χ2v) is 2.42. The molecule has 0 aromatic rings. The van der Waals surface area contributed by atoms with Crippen molar-refractivity contribution >= 4 is 5.78 Å². The molecule has 0 saturated heterocycles. The Morgan fingerprint density at radius 2 is 2.40 bits per heavy atom. The van der Waals surface area contributed by atoms with Gasteiger partial charge in [-0.05, 0) is 19.8 Å². The van der Waals surface area contributed by atoms with Gasteiger partial charge in [0, 0.05) is 6.42 Å². The minimum absolute atomic E-state index is 0.128. The molecule has 0 bridgehead atoms. The van der Waals surface area contributed by atoms with Gasteiger partial charge in [0.1, 0.15) is 5.78 Å². The molecule has 0 radical (unpaired) electrons. The molecule has 10 heavy (non-hydrogen) atoms. The van der Waals surface area contributed by atoms with Gasteiger partial charge in [0.2, 0.25) is 0 Å². The van der Waals surface area contributed by atoms with Gasteiger partial charge in [-0.25, -0.2) is 0 Å². The number of aliphatic hydroxyl groups excluding tert-OH is 1. The van der Waals surface area contributed by atoms with E-state index in [-0.39, 0.29) is 11.9 Å². The van der Waals surface area contributed by atoms with Gasteiger partial charge in [-0.1, -0.05) is 6.08 Å². The molecule has 1 N–H and O–H groups in total. The lowest BCUT2D eigenvalue weighted by Gasteiger charge is -2.04. The molecule has 0 heterocycles. The third kappa shape index (κ3) is 5.51. The predicted molar refractivity (Wildman–Crippen MR) is 40.7 cm³/mol. The van der Waals surface area contributed by atoms with E-state index in [2.05, 4.69) is 6.58 Å². The van der Waals surface area contributed by atoms with Crippen molar-refractivity contribution < 1.29 is 9.90 Å². The summed E-state index contributed by atoms with van der Waals surface area (Å²) in [7, 11) is 0. The van der Waals surface area contributed by atoms with Gasteiger partial charge < -0.3 is 9.90 Å². The Hall–Kier alpha value is -0.630. The van der Waals surface area contributed by atoms with Crippen LogP contribution in [0.5, 0.6) is 0 Å². The summed E-state index contributed by atoms with van der Waals surface area (Å²) < 4.78 is 0. The third-order valence-electron chi connectivity index (χ3n) is 1.27. The van der Waals surface area contributed by atoms with Crippen LogP contribution >= 0.6 is 0 Å². The highest BCUT2D eigenvalue weighted by Gasteiger charge is 2.02. The lowest BCUT2D eigenvalue weighted by Crippen LogP contribution is -2.06. The molecule has 1 atom stereocenters. The molecule has 0 fully saturated rings. The van der Waals surface area contributed by atoms with Crippen molar-refractivity contribution in [3.05, 3.63) is 12.7 Å². The molecular weight excluding hydrogens is 128 g/mol. The highest BCUT2D eigenvalue weighted by molar-refractivity contribution is 5.75. The predicted octanol–water partition coefficient (Wildman–Crippen LogP) is 1.29. The van der Waals surface area contributed by atoms with E-state index in [1.165, 1.54) is 6.92 Å². The summed E-state index contributed by atoms with van der Waals surface area (Å²) in [4.78, 5) is 10.4. The number of aliphatic hydroxyl groups is 1. The molecule has 0 aliphatic carbocycles. The molecular formula is C8H14O2. The van der Waals surface area contributed by atoms with Gasteiger partial charge in [-0.15, -0.1) is 6.58 Å². The van der Waals surface area contributed by atoms with Crippen LogP contribution in [0.4, 0.5) is 0 Å². The molecule has 0 amide bonds. The molecule has 0 aromatic carbocycles. The van der Waals surface area contributed by atoms with E-state index in [0.717, 1.165) is 0 Å². The zero-order valence-electron chi connectivity index (χ0n) is 6.34. The van der Waals surface area contributed by atoms with Crippen molar-refractivity contribution in [3.8, 4) is 0 Å². The molecule has 0 aliphatic rings. The van der Waals surface area contributed by atoms with Gasteiger partial charge in [0.25, 0.3) is 0 Å². The van der Waals surface area contributed by atoms with Crippen LogP contribution < -0.4 is 0 Å². The molecule has 2 heteroatoms. The minimum Gasteiger partial charge on any atom is -0.393 e. The molecule has 0 saturated carbocycles. The topological polar surface area (TPSA) is 37.3 Å². The summed E-state index contributed by atoms with van der Waals surface area (Å²) in [5.41, 5.74) is 0. The summed E-state index contributed by atoms with van der Waals surface area (Å²) in [5.74, 6) is 0.128. The fourth-order valence-corrected chi connectivity index (χ4v) is 0.680. The lowest BCUT2D eigenvalue weighted by molar-refractivity contribution is -0.117. The minimum atomic E-state index is -0.388. The molecule has 1 unspecified atom stereocenters. The van der Waals surface area contributed by atoms with Crippen LogP contribution in [0.1, 0.15) is 26.2 Å². The first-order chi connectivity index (χ1) is 4.66. The van der Waals surface area contributed by atoms with Crippen molar-refractivity contribution in [1.29, 1.82) is 0 Å². The maximum absolute atomic E-state index is 10.4. The molecule has 58 valence electrons. The van der Waals surface area contributed by atoms with E-state index in [9.17, 15) is 4.79 Å². The number of carbonyl (C=O) groups excluding carboxylic acids is 1. The molecule has 0 aromatic heterocycles. The smallest absolute Gasteiger partial charge is 0.129 e. The first-order valence-corrected chi connectivity index (χ1v) is 3.45. The van der Waals surface area contributed by atoms with Crippen molar-refractivity contribution in [1.82, 2.24) is 0 Å². The SMILES string of the molecule is C=CCC(O)CCC(C)=O. The number of rotatable bonds is 5. The molecule has 0 rings (SSSR count). The van der Waals surface area contributed by atoms with Crippen LogP contribution in [0.2, 0.25) is 0 Å². The lowest BCUT2D eigenvalue weighted by atomic mass is 10.1. The van der Waals surface area contributed by atoms with Gasteiger partial charge in [0.15, 0.2) is 0 Å². The van der Waals surface area contributed by atoms with E-state index < -0.39 is 0 Å². The maximum Gasteiger partial charge on any atom is 0.129 e. The third-order valence-corrected chi connectivity index (χ3v) is 1.27. The van der Waals surface area contributed by atoms with E-state index in [1.54, 1.807) is 6.08 Å². The summed E-state index contributed by atoms with van der Waals surface area (Å²) >= 11 is 0. The van der Waals surface area contributed by atoms with E-state index in [0.29, 0.717) is 19.3 Å². The Morgan fingerprint density at radius 3 is 2.80 bits per heavy atom. The standard InChI is InChI=1S/C8H14O2/c1-3-4-8(10)6-5-7(2)9/h3,8,10H,1,4-6H2,2H3. The van der Waals surface area contributed by atoms with Crippen LogP contribution in [0, 0.1) is 0 Å². The molecule has 2 nitrogen and oxygen atoms in total. The maximum atomic E-state index is 10.4. The Balaban J connectivity index is 3.29. The Labute approximate surface area is 61.6 Å².